The van der Waals surface area contributed by atoms with Crippen molar-refractivity contribution in [3.8, 4) is 6.01 Å². The van der Waals surface area contributed by atoms with Gasteiger partial charge in [0.05, 0.1) is 37.4 Å². The summed E-state index contributed by atoms with van der Waals surface area (Å²) in [6, 6.07) is 3.76. The minimum absolute atomic E-state index is 0.0278. The smallest absolute Gasteiger partial charge is 0.432 e. The number of carbonyl (C=O) groups is 1. The molecule has 13 heteroatoms. The minimum Gasteiger partial charge on any atom is -0.467 e. The first kappa shape index (κ1) is 20.0. The lowest BCUT2D eigenvalue weighted by Crippen LogP contribution is -2.35. The average molecular weight is 411 g/mol. The van der Waals surface area contributed by atoms with Crippen LogP contribution in [0.15, 0.2) is 36.7 Å². The van der Waals surface area contributed by atoms with E-state index in [1.807, 2.05) is 5.10 Å². The fourth-order valence-corrected chi connectivity index (χ4v) is 2.24. The number of alkyl halides is 3. The molecule has 9 nitrogen and oxygen atoms in total. The SMILES string of the molecule is COc1ncc(N(Cc2cc(C(F)(F)F)[nH]n2)C(=O)Nc2cccc(F)n2)cn1. The number of methoxy groups -OCH3 is 1. The van der Waals surface area contributed by atoms with Gasteiger partial charge in [-0.1, -0.05) is 6.07 Å². The highest BCUT2D eigenvalue weighted by Gasteiger charge is 2.33. The van der Waals surface area contributed by atoms with Crippen molar-refractivity contribution in [1.29, 1.82) is 0 Å². The van der Waals surface area contributed by atoms with Crippen LogP contribution in [-0.4, -0.2) is 38.3 Å². The van der Waals surface area contributed by atoms with Crippen LogP contribution in [0.5, 0.6) is 6.01 Å². The van der Waals surface area contributed by atoms with Gasteiger partial charge in [0, 0.05) is 0 Å². The molecule has 0 aromatic carbocycles. The van der Waals surface area contributed by atoms with Gasteiger partial charge in [-0.3, -0.25) is 15.3 Å². The highest BCUT2D eigenvalue weighted by Crippen LogP contribution is 2.28. The number of urea groups is 1. The summed E-state index contributed by atoms with van der Waals surface area (Å²) in [5, 5.41) is 7.80. The zero-order chi connectivity index (χ0) is 21.0. The Hall–Kier alpha value is -3.77. The van der Waals surface area contributed by atoms with E-state index in [9.17, 15) is 22.4 Å². The van der Waals surface area contributed by atoms with Gasteiger partial charge in [0.1, 0.15) is 11.5 Å². The molecule has 0 fully saturated rings. The molecule has 0 aliphatic heterocycles. The zero-order valence-electron chi connectivity index (χ0n) is 14.7. The van der Waals surface area contributed by atoms with E-state index in [-0.39, 0.29) is 29.8 Å². The van der Waals surface area contributed by atoms with Crippen LogP contribution in [0.2, 0.25) is 0 Å². The van der Waals surface area contributed by atoms with E-state index in [1.54, 1.807) is 0 Å². The number of nitrogens with zero attached hydrogens (tertiary/aromatic N) is 5. The average Bonchev–Trinajstić information content (AvgIpc) is 3.15. The molecule has 0 saturated heterocycles. The molecule has 2 amide bonds. The predicted octanol–water partition coefficient (Wildman–Crippen LogP) is 3.00. The number of halogens is 4. The molecule has 29 heavy (non-hydrogen) atoms. The van der Waals surface area contributed by atoms with Crippen molar-refractivity contribution >= 4 is 17.5 Å². The van der Waals surface area contributed by atoms with Gasteiger partial charge in [-0.2, -0.15) is 22.7 Å². The number of anilines is 2. The van der Waals surface area contributed by atoms with Gasteiger partial charge >= 0.3 is 18.2 Å². The number of hydrogen-bond donors (Lipinski definition) is 2. The van der Waals surface area contributed by atoms with E-state index in [1.165, 1.54) is 31.6 Å². The first-order valence-electron chi connectivity index (χ1n) is 7.95. The lowest BCUT2D eigenvalue weighted by molar-refractivity contribution is -0.141. The quantitative estimate of drug-likeness (QED) is 0.494. The van der Waals surface area contributed by atoms with Crippen molar-refractivity contribution in [1.82, 2.24) is 25.1 Å². The van der Waals surface area contributed by atoms with E-state index >= 15 is 0 Å². The number of pyridine rings is 1. The van der Waals surface area contributed by atoms with Crippen molar-refractivity contribution in [3.63, 3.8) is 0 Å². The van der Waals surface area contributed by atoms with E-state index in [0.717, 1.165) is 17.0 Å². The number of amides is 2. The molecule has 0 aliphatic carbocycles. The molecule has 0 atom stereocenters. The van der Waals surface area contributed by atoms with Crippen LogP contribution in [0.1, 0.15) is 11.4 Å². The summed E-state index contributed by atoms with van der Waals surface area (Å²) in [4.78, 5) is 25.0. The van der Waals surface area contributed by atoms with Crippen LogP contribution < -0.4 is 15.0 Å². The first-order valence-corrected chi connectivity index (χ1v) is 7.95. The van der Waals surface area contributed by atoms with E-state index in [0.29, 0.717) is 0 Å². The Morgan fingerprint density at radius 1 is 1.28 bits per heavy atom. The number of aromatic amines is 1. The van der Waals surface area contributed by atoms with Gasteiger partial charge < -0.3 is 4.74 Å². The second kappa shape index (κ2) is 8.08. The number of H-pyrrole nitrogens is 1. The van der Waals surface area contributed by atoms with Crippen LogP contribution in [0.3, 0.4) is 0 Å². The maximum absolute atomic E-state index is 13.3. The summed E-state index contributed by atoms with van der Waals surface area (Å²) in [5.74, 6) is -0.906. The molecule has 0 spiro atoms. The standard InChI is InChI=1S/C16H13F4N7O2/c1-29-14-21-6-10(7-22-14)27(8-9-5-11(26-25-9)16(18,19)20)15(28)24-13-4-2-3-12(17)23-13/h2-7H,8H2,1H3,(H,25,26)(H,23,24,28). The summed E-state index contributed by atoms with van der Waals surface area (Å²) < 4.78 is 56.5. The Bertz CT molecular complexity index is 991. The van der Waals surface area contributed by atoms with Gasteiger partial charge in [0.2, 0.25) is 5.95 Å². The molecular weight excluding hydrogens is 398 g/mol. The third kappa shape index (κ3) is 4.94. The maximum Gasteiger partial charge on any atom is 0.432 e. The molecule has 0 radical (unpaired) electrons. The molecule has 152 valence electrons. The lowest BCUT2D eigenvalue weighted by atomic mass is 10.3. The van der Waals surface area contributed by atoms with Gasteiger partial charge in [0.15, 0.2) is 0 Å². The summed E-state index contributed by atoms with van der Waals surface area (Å²) in [6.07, 6.45) is -2.14. The van der Waals surface area contributed by atoms with Crippen LogP contribution >= 0.6 is 0 Å². The number of carbonyl (C=O) groups excluding carboxylic acids is 1. The van der Waals surface area contributed by atoms with E-state index < -0.39 is 23.8 Å². The Kier molecular flexibility index (Phi) is 5.57. The van der Waals surface area contributed by atoms with Crippen molar-refractivity contribution < 1.29 is 27.1 Å². The second-order valence-corrected chi connectivity index (χ2v) is 5.56. The molecule has 0 bridgehead atoms. The van der Waals surface area contributed by atoms with Crippen LogP contribution in [-0.2, 0) is 12.7 Å². The van der Waals surface area contributed by atoms with Crippen LogP contribution in [0, 0.1) is 5.95 Å². The van der Waals surface area contributed by atoms with Crippen molar-refractivity contribution in [2.45, 2.75) is 12.7 Å². The molecule has 3 aromatic rings. The third-order valence-corrected chi connectivity index (χ3v) is 3.56. The Balaban J connectivity index is 1.88. The number of aromatic nitrogens is 5. The van der Waals surface area contributed by atoms with Crippen molar-refractivity contribution in [3.05, 3.63) is 54.0 Å². The van der Waals surface area contributed by atoms with Crippen LogP contribution in [0.25, 0.3) is 0 Å². The van der Waals surface area contributed by atoms with Gasteiger partial charge in [-0.15, -0.1) is 0 Å². The number of ether oxygens (including phenoxy) is 1. The first-order chi connectivity index (χ1) is 13.8. The predicted molar refractivity (Wildman–Crippen MR) is 91.6 cm³/mol. The van der Waals surface area contributed by atoms with Gasteiger partial charge in [-0.25, -0.2) is 19.7 Å². The topological polar surface area (TPSA) is 109 Å². The highest BCUT2D eigenvalue weighted by atomic mass is 19.4. The fourth-order valence-electron chi connectivity index (χ4n) is 2.24. The Morgan fingerprint density at radius 2 is 2.00 bits per heavy atom. The monoisotopic (exact) mass is 411 g/mol. The maximum atomic E-state index is 13.3. The highest BCUT2D eigenvalue weighted by molar-refractivity contribution is 6.00. The molecule has 3 heterocycles. The molecular formula is C16H13F4N7O2. The Morgan fingerprint density at radius 3 is 2.59 bits per heavy atom. The third-order valence-electron chi connectivity index (χ3n) is 3.56. The molecule has 2 N–H and O–H groups in total. The molecule has 3 rings (SSSR count). The number of hydrogen-bond acceptors (Lipinski definition) is 6. The lowest BCUT2D eigenvalue weighted by Gasteiger charge is -2.21. The van der Waals surface area contributed by atoms with Gasteiger partial charge in [-0.05, 0) is 18.2 Å². The summed E-state index contributed by atoms with van der Waals surface area (Å²) >= 11 is 0. The van der Waals surface area contributed by atoms with Crippen molar-refractivity contribution in [2.24, 2.45) is 0 Å². The van der Waals surface area contributed by atoms with E-state index in [2.05, 4.69) is 25.4 Å². The summed E-state index contributed by atoms with van der Waals surface area (Å²) in [7, 11) is 1.34. The summed E-state index contributed by atoms with van der Waals surface area (Å²) in [5.41, 5.74) is -1.00. The Labute approximate surface area is 160 Å². The largest absolute Gasteiger partial charge is 0.467 e. The van der Waals surface area contributed by atoms with Crippen molar-refractivity contribution in [2.75, 3.05) is 17.3 Å². The molecule has 3 aromatic heterocycles. The number of nitrogens with one attached hydrogen (secondary N) is 2. The fraction of sp³-hybridized carbons (Fsp3) is 0.188. The summed E-state index contributed by atoms with van der Waals surface area (Å²) in [6.45, 7) is -0.358. The van der Waals surface area contributed by atoms with Crippen LogP contribution in [0.4, 0.5) is 33.9 Å². The normalized spacial score (nSPS) is 11.2. The minimum atomic E-state index is -4.62. The molecule has 0 aliphatic rings. The number of rotatable bonds is 5. The molecule has 0 saturated carbocycles. The second-order valence-electron chi connectivity index (χ2n) is 5.56. The zero-order valence-corrected chi connectivity index (χ0v) is 14.7. The van der Waals surface area contributed by atoms with Gasteiger partial charge in [0.25, 0.3) is 0 Å². The molecule has 0 unspecified atom stereocenters. The van der Waals surface area contributed by atoms with E-state index in [4.69, 9.17) is 4.74 Å².